The van der Waals surface area contributed by atoms with Gasteiger partial charge in [0, 0.05) is 13.6 Å². The number of carbonyl (C=O) groups excluding carboxylic acids is 1. The smallest absolute Gasteiger partial charge is 0.257 e. The summed E-state index contributed by atoms with van der Waals surface area (Å²) in [4.78, 5) is 15.3. The molecule has 0 saturated heterocycles. The van der Waals surface area contributed by atoms with Gasteiger partial charge in [0.05, 0.1) is 11.9 Å². The molecule has 2 N–H and O–H groups in total. The number of nitrogens with one attached hydrogen (secondary N) is 2. The average molecular weight is 251 g/mol. The molecule has 1 aromatic heterocycles. The molecule has 0 aliphatic carbocycles. The van der Waals surface area contributed by atoms with Gasteiger partial charge < -0.3 is 15.4 Å². The topological polar surface area (TPSA) is 63.2 Å². The Labute approximate surface area is 108 Å². The third-order valence-electron chi connectivity index (χ3n) is 2.31. The van der Waals surface area contributed by atoms with Gasteiger partial charge in [-0.25, -0.2) is 0 Å². The highest BCUT2D eigenvalue weighted by atomic mass is 16.5. The van der Waals surface area contributed by atoms with Crippen molar-refractivity contribution in [1.29, 1.82) is 0 Å². The van der Waals surface area contributed by atoms with Crippen LogP contribution in [0.5, 0.6) is 5.75 Å². The highest BCUT2D eigenvalue weighted by Crippen LogP contribution is 2.08. The van der Waals surface area contributed by atoms with Crippen LogP contribution < -0.4 is 15.4 Å². The lowest BCUT2D eigenvalue weighted by Crippen LogP contribution is -2.24. The summed E-state index contributed by atoms with van der Waals surface area (Å²) in [5.74, 6) is 1.07. The van der Waals surface area contributed by atoms with E-state index in [2.05, 4.69) is 29.5 Å². The number of pyridine rings is 1. The van der Waals surface area contributed by atoms with E-state index in [9.17, 15) is 4.79 Å². The average Bonchev–Trinajstić information content (AvgIpc) is 2.37. The molecule has 5 heteroatoms. The van der Waals surface area contributed by atoms with Crippen LogP contribution in [0.25, 0.3) is 0 Å². The second-order valence-corrected chi connectivity index (χ2v) is 4.47. The molecule has 1 heterocycles. The van der Waals surface area contributed by atoms with E-state index in [1.165, 1.54) is 0 Å². The Morgan fingerprint density at radius 1 is 1.44 bits per heavy atom. The molecule has 0 radical (unpaired) electrons. The molecule has 0 bridgehead atoms. The molecule has 0 unspecified atom stereocenters. The third kappa shape index (κ3) is 5.63. The van der Waals surface area contributed by atoms with Crippen molar-refractivity contribution in [3.8, 4) is 5.75 Å². The number of nitrogens with zero attached hydrogens (tertiary/aromatic N) is 1. The molecule has 100 valence electrons. The normalized spacial score (nSPS) is 10.4. The van der Waals surface area contributed by atoms with E-state index in [0.717, 1.165) is 18.8 Å². The van der Waals surface area contributed by atoms with Gasteiger partial charge in [0.1, 0.15) is 5.75 Å². The van der Waals surface area contributed by atoms with Gasteiger partial charge in [0.2, 0.25) is 0 Å². The molecular weight excluding hydrogens is 230 g/mol. The number of ether oxygens (including phenoxy) is 1. The van der Waals surface area contributed by atoms with Gasteiger partial charge >= 0.3 is 0 Å². The summed E-state index contributed by atoms with van der Waals surface area (Å²) < 4.78 is 5.26. The molecule has 18 heavy (non-hydrogen) atoms. The molecule has 0 aliphatic heterocycles. The van der Waals surface area contributed by atoms with Crippen molar-refractivity contribution in [1.82, 2.24) is 15.6 Å². The Hall–Kier alpha value is -1.62. The van der Waals surface area contributed by atoms with Crippen LogP contribution >= 0.6 is 0 Å². The quantitative estimate of drug-likeness (QED) is 0.757. The minimum atomic E-state index is -0.155. The summed E-state index contributed by atoms with van der Waals surface area (Å²) in [5, 5.41) is 5.80. The van der Waals surface area contributed by atoms with E-state index in [4.69, 9.17) is 4.74 Å². The molecule has 1 aromatic rings. The molecule has 1 rings (SSSR count). The standard InChI is InChI=1S/C13H21N3O2/c1-10(2)6-15-7-11-4-5-12(8-16-11)18-9-13(17)14-3/h4-5,8,10,15H,6-7,9H2,1-3H3,(H,14,17). The lowest BCUT2D eigenvalue weighted by Gasteiger charge is -2.08. The zero-order chi connectivity index (χ0) is 13.4. The first-order valence-corrected chi connectivity index (χ1v) is 6.11. The van der Waals surface area contributed by atoms with Crippen LogP contribution in [-0.2, 0) is 11.3 Å². The third-order valence-corrected chi connectivity index (χ3v) is 2.31. The van der Waals surface area contributed by atoms with E-state index >= 15 is 0 Å². The summed E-state index contributed by atoms with van der Waals surface area (Å²) in [6.07, 6.45) is 1.63. The Morgan fingerprint density at radius 3 is 2.78 bits per heavy atom. The van der Waals surface area contributed by atoms with Crippen molar-refractivity contribution in [2.45, 2.75) is 20.4 Å². The predicted octanol–water partition coefficient (Wildman–Crippen LogP) is 0.952. The molecular formula is C13H21N3O2. The summed E-state index contributed by atoms with van der Waals surface area (Å²) in [6, 6.07) is 3.72. The summed E-state index contributed by atoms with van der Waals surface area (Å²) in [5.41, 5.74) is 0.961. The number of carbonyl (C=O) groups is 1. The van der Waals surface area contributed by atoms with Crippen LogP contribution in [0.1, 0.15) is 19.5 Å². The monoisotopic (exact) mass is 251 g/mol. The van der Waals surface area contributed by atoms with E-state index in [1.807, 2.05) is 12.1 Å². The second kappa shape index (κ2) is 7.66. The SMILES string of the molecule is CNC(=O)COc1ccc(CNCC(C)C)nc1. The highest BCUT2D eigenvalue weighted by Gasteiger charge is 2.01. The molecule has 0 saturated carbocycles. The van der Waals surface area contributed by atoms with Crippen LogP contribution in [0.15, 0.2) is 18.3 Å². The Morgan fingerprint density at radius 2 is 2.22 bits per heavy atom. The number of aromatic nitrogens is 1. The molecule has 0 fully saturated rings. The lowest BCUT2D eigenvalue weighted by molar-refractivity contribution is -0.122. The van der Waals surface area contributed by atoms with Crippen LogP contribution in [-0.4, -0.2) is 31.1 Å². The van der Waals surface area contributed by atoms with Crippen molar-refractivity contribution >= 4 is 5.91 Å². The Kier molecular flexibility index (Phi) is 6.14. The first-order valence-electron chi connectivity index (χ1n) is 6.11. The maximum atomic E-state index is 11.0. The van der Waals surface area contributed by atoms with Crippen molar-refractivity contribution in [2.75, 3.05) is 20.2 Å². The predicted molar refractivity (Wildman–Crippen MR) is 70.3 cm³/mol. The van der Waals surface area contributed by atoms with Crippen molar-refractivity contribution in [2.24, 2.45) is 5.92 Å². The largest absolute Gasteiger partial charge is 0.482 e. The van der Waals surface area contributed by atoms with Crippen molar-refractivity contribution < 1.29 is 9.53 Å². The van der Waals surface area contributed by atoms with Gasteiger partial charge in [-0.05, 0) is 24.6 Å². The van der Waals surface area contributed by atoms with Gasteiger partial charge in [-0.1, -0.05) is 13.8 Å². The minimum absolute atomic E-state index is 0.0170. The first kappa shape index (κ1) is 14.4. The van der Waals surface area contributed by atoms with Gasteiger partial charge in [-0.3, -0.25) is 9.78 Å². The van der Waals surface area contributed by atoms with E-state index in [-0.39, 0.29) is 12.5 Å². The van der Waals surface area contributed by atoms with Gasteiger partial charge in [-0.2, -0.15) is 0 Å². The zero-order valence-electron chi connectivity index (χ0n) is 11.2. The number of hydrogen-bond donors (Lipinski definition) is 2. The van der Waals surface area contributed by atoms with Gasteiger partial charge in [-0.15, -0.1) is 0 Å². The van der Waals surface area contributed by atoms with Crippen molar-refractivity contribution in [3.05, 3.63) is 24.0 Å². The van der Waals surface area contributed by atoms with Crippen LogP contribution in [0.2, 0.25) is 0 Å². The maximum Gasteiger partial charge on any atom is 0.257 e. The summed E-state index contributed by atoms with van der Waals surface area (Å²) in [7, 11) is 1.58. The molecule has 0 aliphatic rings. The van der Waals surface area contributed by atoms with Crippen molar-refractivity contribution in [3.63, 3.8) is 0 Å². The van der Waals surface area contributed by atoms with E-state index in [1.54, 1.807) is 13.2 Å². The number of amides is 1. The van der Waals surface area contributed by atoms with Gasteiger partial charge in [0.15, 0.2) is 6.61 Å². The second-order valence-electron chi connectivity index (χ2n) is 4.47. The zero-order valence-corrected chi connectivity index (χ0v) is 11.2. The maximum absolute atomic E-state index is 11.0. The highest BCUT2D eigenvalue weighted by molar-refractivity contribution is 5.77. The minimum Gasteiger partial charge on any atom is -0.482 e. The molecule has 1 amide bonds. The fraction of sp³-hybridized carbons (Fsp3) is 0.538. The van der Waals surface area contributed by atoms with Crippen LogP contribution in [0.3, 0.4) is 0 Å². The Balaban J connectivity index is 2.35. The Bertz CT molecular complexity index is 363. The molecule has 0 aromatic carbocycles. The lowest BCUT2D eigenvalue weighted by atomic mass is 10.2. The number of hydrogen-bond acceptors (Lipinski definition) is 4. The fourth-order valence-electron chi connectivity index (χ4n) is 1.31. The van der Waals surface area contributed by atoms with E-state index < -0.39 is 0 Å². The number of rotatable bonds is 7. The fourth-order valence-corrected chi connectivity index (χ4v) is 1.31. The van der Waals surface area contributed by atoms with Gasteiger partial charge in [0.25, 0.3) is 5.91 Å². The molecule has 0 spiro atoms. The number of likely N-dealkylation sites (N-methyl/N-ethyl adjacent to an activating group) is 1. The summed E-state index contributed by atoms with van der Waals surface area (Å²) in [6.45, 7) is 6.06. The van der Waals surface area contributed by atoms with E-state index in [0.29, 0.717) is 11.7 Å². The molecule has 0 atom stereocenters. The van der Waals surface area contributed by atoms with Crippen LogP contribution in [0, 0.1) is 5.92 Å². The molecule has 5 nitrogen and oxygen atoms in total. The summed E-state index contributed by atoms with van der Waals surface area (Å²) >= 11 is 0. The first-order chi connectivity index (χ1) is 8.61. The van der Waals surface area contributed by atoms with Crippen LogP contribution in [0.4, 0.5) is 0 Å².